The Morgan fingerprint density at radius 2 is 1.11 bits per heavy atom. The number of hydrogen-bond donors (Lipinski definition) is 8. The number of fused-ring (bicyclic) bond motifs is 1. The van der Waals surface area contributed by atoms with Crippen LogP contribution in [0.15, 0.2) is 143 Å². The van der Waals surface area contributed by atoms with E-state index >= 15 is 0 Å². The summed E-state index contributed by atoms with van der Waals surface area (Å²) >= 11 is 0. The molecule has 0 radical (unpaired) electrons. The molecular formula is C59H67FN10O10S2. The van der Waals surface area contributed by atoms with Crippen molar-refractivity contribution in [3.8, 4) is 0 Å². The zero-order valence-corrected chi connectivity index (χ0v) is 47.5. The van der Waals surface area contributed by atoms with Crippen LogP contribution in [0.25, 0.3) is 10.8 Å². The van der Waals surface area contributed by atoms with Crippen molar-refractivity contribution in [3.63, 3.8) is 0 Å². The van der Waals surface area contributed by atoms with E-state index in [1.165, 1.54) is 61.7 Å². The van der Waals surface area contributed by atoms with Gasteiger partial charge in [-0.3, -0.25) is 9.59 Å². The molecule has 0 unspecified atom stereocenters. The standard InChI is InChI=1S/C31H41N5O5S.C28H26FN5O5S/c1-21-6-4-7-25(14-21)42(40,41)36(27(32)38)13-5-12-33-26(37)23-8-10-24(11-9-23)34-28(39)35-31-17-22-15-29(2,19-31)18-30(3,16-22)20-31;1-18-6-4-9-21(16-18)40(38,39)34(27(30)36)15-14-31-26(35)20-12-13-25(23(29)17-20)33-28(37)32-24-11-5-8-19-7-2-3-10-22(19)24/h4,6-11,14,22H,5,12-13,15-20H2,1-3H3,(H2,32,38)(H,33,37)(H2,34,35,39);2-13,16-17H,14-15H2,1H3,(H2,30,36)(H,31,35)(H2,32,33,37)/t22?,29-,30-,31?;/m1./s1. The van der Waals surface area contributed by atoms with E-state index in [1.807, 2.05) is 30.3 Å². The lowest BCUT2D eigenvalue weighted by Gasteiger charge is -2.65. The predicted molar refractivity (Wildman–Crippen MR) is 310 cm³/mol. The molecule has 10 rings (SSSR count). The van der Waals surface area contributed by atoms with Gasteiger partial charge in [-0.2, -0.15) is 0 Å². The highest BCUT2D eigenvalue weighted by Gasteiger charge is 2.60. The second kappa shape index (κ2) is 24.3. The van der Waals surface area contributed by atoms with Crippen LogP contribution in [0.2, 0.25) is 0 Å². The lowest BCUT2D eigenvalue weighted by molar-refractivity contribution is -0.113. The summed E-state index contributed by atoms with van der Waals surface area (Å²) in [7, 11) is -8.35. The average molecular weight is 1160 g/mol. The molecule has 0 spiro atoms. The SMILES string of the molecule is Cc1cccc(S(=O)(=O)N(CCCNC(=O)c2ccc(NC(=O)NC34CC5C[C@@](C)(C3)C[C@@](C)(C5)C4)cc2)C(N)=O)c1.Cc1cccc(S(=O)(=O)N(CCNC(=O)c2ccc(NC(=O)Nc3cccc4ccccc34)c(F)c2)C(N)=O)c1. The van der Waals surface area contributed by atoms with E-state index in [4.69, 9.17) is 11.5 Å². The minimum Gasteiger partial charge on any atom is -0.352 e. The maximum Gasteiger partial charge on any atom is 0.328 e. The molecule has 0 aliphatic heterocycles. The molecule has 2 atom stereocenters. The maximum atomic E-state index is 14.7. The third-order valence-corrected chi connectivity index (χ3v) is 18.6. The van der Waals surface area contributed by atoms with Crippen LogP contribution >= 0.6 is 0 Å². The van der Waals surface area contributed by atoms with E-state index in [2.05, 4.69) is 45.7 Å². The third kappa shape index (κ3) is 14.1. The van der Waals surface area contributed by atoms with Crippen LogP contribution in [0.5, 0.6) is 0 Å². The minimum absolute atomic E-state index is 0.0192. The Labute approximate surface area is 476 Å². The fourth-order valence-corrected chi connectivity index (χ4v) is 15.3. The van der Waals surface area contributed by atoms with Crippen molar-refractivity contribution in [1.82, 2.24) is 24.6 Å². The summed E-state index contributed by atoms with van der Waals surface area (Å²) in [6.07, 6.45) is 7.02. The number of nitrogens with one attached hydrogen (secondary N) is 6. The fourth-order valence-electron chi connectivity index (χ4n) is 12.5. The van der Waals surface area contributed by atoms with Gasteiger partial charge >= 0.3 is 24.1 Å². The molecule has 20 nitrogen and oxygen atoms in total. The van der Waals surface area contributed by atoms with E-state index in [0.717, 1.165) is 41.7 Å². The summed E-state index contributed by atoms with van der Waals surface area (Å²) in [5.41, 5.74) is 13.8. The topological polar surface area (TPSA) is 301 Å². The second-order valence-electron chi connectivity index (χ2n) is 22.2. The second-order valence-corrected chi connectivity index (χ2v) is 25.9. The molecule has 4 aliphatic carbocycles. The van der Waals surface area contributed by atoms with Crippen molar-refractivity contribution < 1.29 is 50.0 Å². The van der Waals surface area contributed by atoms with Gasteiger partial charge in [-0.1, -0.05) is 74.5 Å². The van der Waals surface area contributed by atoms with Gasteiger partial charge in [-0.25, -0.2) is 49.0 Å². The van der Waals surface area contributed by atoms with E-state index in [-0.39, 0.29) is 64.6 Å². The van der Waals surface area contributed by atoms with Crippen LogP contribution in [0.3, 0.4) is 0 Å². The van der Waals surface area contributed by atoms with Gasteiger partial charge in [-0.15, -0.1) is 0 Å². The number of nitrogens with zero attached hydrogens (tertiary/aromatic N) is 2. The van der Waals surface area contributed by atoms with E-state index in [9.17, 15) is 50.0 Å². The van der Waals surface area contributed by atoms with Crippen molar-refractivity contribution in [3.05, 3.63) is 162 Å². The lowest BCUT2D eigenvalue weighted by Crippen LogP contribution is -2.65. The van der Waals surface area contributed by atoms with Crippen LogP contribution < -0.4 is 43.4 Å². The largest absolute Gasteiger partial charge is 0.352 e. The highest BCUT2D eigenvalue weighted by atomic mass is 32.2. The first-order valence-corrected chi connectivity index (χ1v) is 29.5. The molecule has 4 fully saturated rings. The summed E-state index contributed by atoms with van der Waals surface area (Å²) in [5.74, 6) is -1.26. The Balaban J connectivity index is 0.000000215. The van der Waals surface area contributed by atoms with Crippen LogP contribution in [-0.2, 0) is 20.0 Å². The summed E-state index contributed by atoms with van der Waals surface area (Å²) in [5, 5.41) is 18.3. The first-order valence-electron chi connectivity index (χ1n) is 26.6. The number of sulfonamides is 2. The molecule has 4 aliphatic rings. The maximum absolute atomic E-state index is 14.7. The minimum atomic E-state index is -4.24. The van der Waals surface area contributed by atoms with Crippen LogP contribution in [0, 0.1) is 36.4 Å². The number of aryl methyl sites for hydroxylation is 2. The summed E-state index contributed by atoms with van der Waals surface area (Å²) in [4.78, 5) is 74.3. The van der Waals surface area contributed by atoms with Crippen molar-refractivity contribution in [2.75, 3.05) is 42.1 Å². The highest BCUT2D eigenvalue weighted by Crippen LogP contribution is 2.66. The van der Waals surface area contributed by atoms with Gasteiger partial charge in [0.2, 0.25) is 0 Å². The summed E-state index contributed by atoms with van der Waals surface area (Å²) in [6, 6.07) is 31.9. The molecule has 10 amide bonds. The summed E-state index contributed by atoms with van der Waals surface area (Å²) < 4.78 is 67.3. The fraction of sp³-hybridized carbons (Fsp3) is 0.322. The Kier molecular flexibility index (Phi) is 17.6. The van der Waals surface area contributed by atoms with Gasteiger partial charge in [0, 0.05) is 47.4 Å². The molecule has 4 bridgehead atoms. The van der Waals surface area contributed by atoms with E-state index < -0.39 is 56.4 Å². The van der Waals surface area contributed by atoms with Crippen molar-refractivity contribution in [2.45, 2.75) is 88.0 Å². The summed E-state index contributed by atoms with van der Waals surface area (Å²) in [6.45, 7) is 7.44. The number of hydrogen-bond acceptors (Lipinski definition) is 10. The zero-order chi connectivity index (χ0) is 59.2. The van der Waals surface area contributed by atoms with Gasteiger partial charge in [-0.05, 0) is 165 Å². The van der Waals surface area contributed by atoms with Gasteiger partial charge in [0.15, 0.2) is 0 Å². The number of nitrogens with two attached hydrogens (primary N) is 2. The quantitative estimate of drug-likeness (QED) is 0.0400. The van der Waals surface area contributed by atoms with Gasteiger partial charge in [0.25, 0.3) is 31.9 Å². The number of amides is 10. The molecule has 6 aromatic carbocycles. The van der Waals surface area contributed by atoms with Crippen molar-refractivity contribution in [1.29, 1.82) is 0 Å². The number of carbonyl (C=O) groups is 6. The Bertz CT molecular complexity index is 3660. The Morgan fingerprint density at radius 3 is 1.70 bits per heavy atom. The number of urea groups is 4. The number of primary amides is 2. The molecule has 4 saturated carbocycles. The molecule has 432 valence electrons. The first kappa shape index (κ1) is 59.5. The molecule has 23 heteroatoms. The number of carbonyl (C=O) groups excluding carboxylic acids is 6. The molecule has 10 N–H and O–H groups in total. The normalized spacial score (nSPS) is 19.6. The van der Waals surface area contributed by atoms with Gasteiger partial charge in [0.05, 0.1) is 27.7 Å². The zero-order valence-electron chi connectivity index (χ0n) is 45.9. The van der Waals surface area contributed by atoms with E-state index in [1.54, 1.807) is 68.4 Å². The average Bonchev–Trinajstić information content (AvgIpc) is 2.25. The lowest BCUT2D eigenvalue weighted by atomic mass is 9.43. The van der Waals surface area contributed by atoms with Gasteiger partial charge < -0.3 is 43.4 Å². The molecule has 0 heterocycles. The molecule has 6 aromatic rings. The number of anilines is 3. The van der Waals surface area contributed by atoms with Crippen molar-refractivity contribution >= 4 is 83.8 Å². The molecular weight excluding hydrogens is 1090 g/mol. The Morgan fingerprint density at radius 1 is 0.573 bits per heavy atom. The Hall–Kier alpha value is -8.57. The smallest absolute Gasteiger partial charge is 0.328 e. The monoisotopic (exact) mass is 1160 g/mol. The first-order chi connectivity index (χ1) is 38.8. The highest BCUT2D eigenvalue weighted by molar-refractivity contribution is 7.90. The predicted octanol–water partition coefficient (Wildman–Crippen LogP) is 9.19. The molecule has 0 aromatic heterocycles. The number of benzene rings is 6. The number of rotatable bonds is 17. The number of halogens is 1. The van der Waals surface area contributed by atoms with Crippen LogP contribution in [-0.4, -0.2) is 93.1 Å². The third-order valence-electron chi connectivity index (χ3n) is 15.0. The molecule has 82 heavy (non-hydrogen) atoms. The van der Waals surface area contributed by atoms with Crippen LogP contribution in [0.4, 0.5) is 40.6 Å². The van der Waals surface area contributed by atoms with Crippen molar-refractivity contribution in [2.24, 2.45) is 28.2 Å². The van der Waals surface area contributed by atoms with Crippen LogP contribution in [0.1, 0.15) is 90.6 Å². The molecule has 0 saturated heterocycles. The van der Waals surface area contributed by atoms with Gasteiger partial charge in [0.1, 0.15) is 5.82 Å². The van der Waals surface area contributed by atoms with E-state index in [0.29, 0.717) is 47.9 Å².